The molecule has 0 amide bonds. The van der Waals surface area contributed by atoms with Gasteiger partial charge in [0.25, 0.3) is 0 Å². The zero-order valence-electron chi connectivity index (χ0n) is 7.02. The van der Waals surface area contributed by atoms with Crippen LogP contribution in [0.4, 0.5) is 0 Å². The third-order valence-electron chi connectivity index (χ3n) is 1.27. The monoisotopic (exact) mass is 160 g/mol. The minimum atomic E-state index is 0.0338. The summed E-state index contributed by atoms with van der Waals surface area (Å²) in [6.45, 7) is 2.19. The van der Waals surface area contributed by atoms with Crippen LogP contribution in [0, 0.1) is 0 Å². The van der Waals surface area contributed by atoms with Gasteiger partial charge in [0.05, 0.1) is 0 Å². The van der Waals surface area contributed by atoms with Crippen molar-refractivity contribution in [2.75, 3.05) is 14.2 Å². The molecule has 0 spiro atoms. The third-order valence-corrected chi connectivity index (χ3v) is 2.72. The van der Waals surface area contributed by atoms with E-state index < -0.39 is 0 Å². The Balaban J connectivity index is 3.09. The molecule has 3 heteroatoms. The quantitative estimate of drug-likeness (QED) is 0.333. The molecule has 2 nitrogen and oxygen atoms in total. The van der Waals surface area contributed by atoms with E-state index >= 15 is 0 Å². The van der Waals surface area contributed by atoms with Crippen LogP contribution in [0.15, 0.2) is 0 Å². The minimum absolute atomic E-state index is 0.0338. The zero-order chi connectivity index (χ0) is 7.82. The van der Waals surface area contributed by atoms with E-state index in [-0.39, 0.29) is 5.91 Å². The zero-order valence-corrected chi connectivity index (χ0v) is 8.02. The first kappa shape index (κ1) is 10.1. The summed E-state index contributed by atoms with van der Waals surface area (Å²) in [5.41, 5.74) is 0. The Labute approximate surface area is 65.7 Å². The number of methoxy groups -OCH3 is 2. The highest BCUT2D eigenvalue weighted by Gasteiger charge is 2.03. The molecule has 0 fully saturated rings. The predicted molar refractivity (Wildman–Crippen MR) is 43.3 cm³/mol. The highest BCUT2D eigenvalue weighted by atomic mass is 28.2. The number of ether oxygens (including phenoxy) is 2. The first-order valence-electron chi connectivity index (χ1n) is 3.64. The van der Waals surface area contributed by atoms with Crippen LogP contribution in [0.25, 0.3) is 0 Å². The van der Waals surface area contributed by atoms with E-state index in [2.05, 4.69) is 6.92 Å². The van der Waals surface area contributed by atoms with Gasteiger partial charge in [0, 0.05) is 14.2 Å². The molecule has 0 N–H and O–H groups in total. The van der Waals surface area contributed by atoms with Gasteiger partial charge in [0.2, 0.25) is 0 Å². The fourth-order valence-corrected chi connectivity index (χ4v) is 1.79. The second-order valence-corrected chi connectivity index (χ2v) is 3.49. The Bertz CT molecular complexity index is 64.6. The normalized spacial score (nSPS) is 10.8. The van der Waals surface area contributed by atoms with Crippen LogP contribution in [0.3, 0.4) is 0 Å². The molecule has 0 aliphatic carbocycles. The molecule has 0 saturated carbocycles. The van der Waals surface area contributed by atoms with Crippen LogP contribution < -0.4 is 0 Å². The van der Waals surface area contributed by atoms with E-state index in [0.29, 0.717) is 0 Å². The average molecular weight is 160 g/mol. The van der Waals surface area contributed by atoms with Crippen molar-refractivity contribution in [3.63, 3.8) is 0 Å². The summed E-state index contributed by atoms with van der Waals surface area (Å²) in [5, 5.41) is 0. The van der Waals surface area contributed by atoms with Gasteiger partial charge in [0.15, 0.2) is 0 Å². The lowest BCUT2D eigenvalue weighted by atomic mass is 10.4. The molecular formula is C7H16O2Si. The van der Waals surface area contributed by atoms with Gasteiger partial charge in [-0.15, -0.1) is 0 Å². The van der Waals surface area contributed by atoms with Crippen LogP contribution in [0.2, 0.25) is 6.04 Å². The second-order valence-electron chi connectivity index (χ2n) is 2.11. The maximum absolute atomic E-state index is 5.04. The summed E-state index contributed by atoms with van der Waals surface area (Å²) in [4.78, 5) is 0. The number of unbranched alkanes of at least 4 members (excludes halogenated alkanes) is 1. The third kappa shape index (κ3) is 4.96. The van der Waals surface area contributed by atoms with Crippen LogP contribution in [0.1, 0.15) is 19.8 Å². The fourth-order valence-electron chi connectivity index (χ4n) is 0.660. The Morgan fingerprint density at radius 3 is 2.30 bits per heavy atom. The number of hydrogen-bond donors (Lipinski definition) is 0. The second kappa shape index (κ2) is 7.25. The van der Waals surface area contributed by atoms with Crippen LogP contribution in [-0.2, 0) is 9.47 Å². The largest absolute Gasteiger partial charge is 0.360 e. The molecule has 0 bridgehead atoms. The average Bonchev–Trinajstić information content (AvgIpc) is 1.99. The molecular weight excluding hydrogens is 144 g/mol. The van der Waals surface area contributed by atoms with E-state index in [9.17, 15) is 0 Å². The topological polar surface area (TPSA) is 18.5 Å². The Kier molecular flexibility index (Phi) is 7.35. The molecule has 60 valence electrons. The van der Waals surface area contributed by atoms with Crippen molar-refractivity contribution < 1.29 is 9.47 Å². The lowest BCUT2D eigenvalue weighted by molar-refractivity contribution is -0.0441. The molecule has 0 aliphatic heterocycles. The van der Waals surface area contributed by atoms with Crippen molar-refractivity contribution in [2.24, 2.45) is 0 Å². The van der Waals surface area contributed by atoms with Crippen molar-refractivity contribution in [1.82, 2.24) is 0 Å². The van der Waals surface area contributed by atoms with Gasteiger partial charge >= 0.3 is 0 Å². The molecule has 0 aromatic rings. The van der Waals surface area contributed by atoms with E-state index in [4.69, 9.17) is 9.47 Å². The van der Waals surface area contributed by atoms with E-state index in [1.165, 1.54) is 18.9 Å². The first-order chi connectivity index (χ1) is 4.85. The van der Waals surface area contributed by atoms with Crippen molar-refractivity contribution >= 4 is 9.52 Å². The lowest BCUT2D eigenvalue weighted by Crippen LogP contribution is -2.20. The number of hydrogen-bond acceptors (Lipinski definition) is 2. The van der Waals surface area contributed by atoms with Crippen molar-refractivity contribution in [1.29, 1.82) is 0 Å². The summed E-state index contributed by atoms with van der Waals surface area (Å²) >= 11 is 0. The highest BCUT2D eigenvalue weighted by molar-refractivity contribution is 6.36. The lowest BCUT2D eigenvalue weighted by Gasteiger charge is -2.10. The van der Waals surface area contributed by atoms with E-state index in [1.807, 2.05) is 0 Å². The summed E-state index contributed by atoms with van der Waals surface area (Å²) in [7, 11) is 4.16. The Morgan fingerprint density at radius 2 is 1.90 bits per heavy atom. The fraction of sp³-hybridized carbons (Fsp3) is 1.00. The standard InChI is InChI=1S/C7H16O2Si/c1-4-5-6-10-7(8-2)9-3/h7H,4-6H2,1-3H3. The maximum atomic E-state index is 5.04. The molecule has 0 atom stereocenters. The van der Waals surface area contributed by atoms with Gasteiger partial charge in [-0.1, -0.05) is 25.8 Å². The Hall–Kier alpha value is 0.137. The molecule has 10 heavy (non-hydrogen) atoms. The highest BCUT2D eigenvalue weighted by Crippen LogP contribution is 1.98. The van der Waals surface area contributed by atoms with Gasteiger partial charge in [-0.3, -0.25) is 0 Å². The summed E-state index contributed by atoms with van der Waals surface area (Å²) in [5.74, 6) is 0.0338. The van der Waals surface area contributed by atoms with Gasteiger partial charge in [-0.2, -0.15) is 0 Å². The van der Waals surface area contributed by atoms with Crippen molar-refractivity contribution in [3.8, 4) is 0 Å². The predicted octanol–water partition coefficient (Wildman–Crippen LogP) is 1.49. The molecule has 0 heterocycles. The molecule has 0 saturated heterocycles. The molecule has 0 unspecified atom stereocenters. The summed E-state index contributed by atoms with van der Waals surface area (Å²) in [6.07, 6.45) is 2.54. The van der Waals surface area contributed by atoms with Crippen LogP contribution in [-0.4, -0.2) is 29.7 Å². The molecule has 0 aliphatic rings. The van der Waals surface area contributed by atoms with Crippen LogP contribution in [0.5, 0.6) is 0 Å². The SMILES string of the molecule is CCCC[Si]C(OC)OC. The first-order valence-corrected chi connectivity index (χ1v) is 4.92. The Morgan fingerprint density at radius 1 is 1.30 bits per heavy atom. The summed E-state index contributed by atoms with van der Waals surface area (Å²) < 4.78 is 10.1. The van der Waals surface area contributed by atoms with Gasteiger partial charge < -0.3 is 9.47 Å². The summed E-state index contributed by atoms with van der Waals surface area (Å²) in [6, 6.07) is 1.23. The van der Waals surface area contributed by atoms with E-state index in [1.54, 1.807) is 14.2 Å². The smallest absolute Gasteiger partial charge is 0.136 e. The van der Waals surface area contributed by atoms with Gasteiger partial charge in [-0.25, -0.2) is 0 Å². The van der Waals surface area contributed by atoms with Gasteiger partial charge in [0.1, 0.15) is 15.4 Å². The molecule has 0 aromatic carbocycles. The minimum Gasteiger partial charge on any atom is -0.360 e. The molecule has 0 aromatic heterocycles. The van der Waals surface area contributed by atoms with E-state index in [0.717, 1.165) is 9.52 Å². The van der Waals surface area contributed by atoms with Crippen molar-refractivity contribution in [2.45, 2.75) is 31.7 Å². The van der Waals surface area contributed by atoms with Crippen molar-refractivity contribution in [3.05, 3.63) is 0 Å². The molecule has 2 radical (unpaired) electrons. The van der Waals surface area contributed by atoms with Crippen LogP contribution >= 0.6 is 0 Å². The van der Waals surface area contributed by atoms with Gasteiger partial charge in [-0.05, 0) is 0 Å². The molecule has 0 rings (SSSR count). The number of rotatable bonds is 6. The maximum Gasteiger partial charge on any atom is 0.136 e.